The Morgan fingerprint density at radius 2 is 1.60 bits per heavy atom. The Hall–Kier alpha value is -4.24. The third-order valence-electron chi connectivity index (χ3n) is 5.68. The number of benzene rings is 3. The van der Waals surface area contributed by atoms with Crippen LogP contribution in [0.5, 0.6) is 0 Å². The van der Waals surface area contributed by atoms with Crippen molar-refractivity contribution < 1.29 is 24.0 Å². The SMILES string of the molecule is O=C(O)CN(F)c1ccc(NC(=O)c2ccc(N3CCNCC3)cc2)cc1.O=C1c2cccc1c2. The van der Waals surface area contributed by atoms with E-state index in [2.05, 4.69) is 15.5 Å². The zero-order valence-corrected chi connectivity index (χ0v) is 18.9. The number of nitrogens with zero attached hydrogens (tertiary/aromatic N) is 2. The third kappa shape index (κ3) is 6.01. The van der Waals surface area contributed by atoms with Crippen LogP contribution in [0.2, 0.25) is 0 Å². The number of rotatable bonds is 6. The van der Waals surface area contributed by atoms with Crippen LogP contribution in [0.4, 0.5) is 21.5 Å². The third-order valence-corrected chi connectivity index (χ3v) is 5.68. The summed E-state index contributed by atoms with van der Waals surface area (Å²) < 4.78 is 13.6. The number of carbonyl (C=O) groups excluding carboxylic acids is 2. The molecule has 0 unspecified atom stereocenters. The summed E-state index contributed by atoms with van der Waals surface area (Å²) in [6.07, 6.45) is 0. The van der Waals surface area contributed by atoms with Gasteiger partial charge in [0.2, 0.25) is 0 Å². The fourth-order valence-electron chi connectivity index (χ4n) is 3.76. The van der Waals surface area contributed by atoms with E-state index < -0.39 is 12.5 Å². The molecule has 1 amide bonds. The van der Waals surface area contributed by atoms with E-state index in [4.69, 9.17) is 5.11 Å². The minimum Gasteiger partial charge on any atom is -0.480 e. The largest absolute Gasteiger partial charge is 0.480 e. The molecule has 0 spiro atoms. The Labute approximate surface area is 201 Å². The molecule has 1 saturated heterocycles. The molecule has 6 rings (SSSR count). The van der Waals surface area contributed by atoms with Gasteiger partial charge in [-0.3, -0.25) is 14.4 Å². The molecule has 2 aliphatic carbocycles. The topological polar surface area (TPSA) is 102 Å². The van der Waals surface area contributed by atoms with Crippen molar-refractivity contribution in [2.24, 2.45) is 0 Å². The number of anilines is 3. The van der Waals surface area contributed by atoms with E-state index in [1.165, 1.54) is 24.3 Å². The van der Waals surface area contributed by atoms with Crippen LogP contribution in [-0.4, -0.2) is 55.5 Å². The van der Waals surface area contributed by atoms with Crippen molar-refractivity contribution in [2.75, 3.05) is 48.1 Å². The number of ketones is 1. The van der Waals surface area contributed by atoms with Crippen molar-refractivity contribution in [2.45, 2.75) is 0 Å². The fourth-order valence-corrected chi connectivity index (χ4v) is 3.76. The molecular weight excluding hydrogens is 451 g/mol. The summed E-state index contributed by atoms with van der Waals surface area (Å²) in [5.74, 6) is -1.33. The predicted octanol–water partition coefficient (Wildman–Crippen LogP) is 3.36. The van der Waals surface area contributed by atoms with Gasteiger partial charge < -0.3 is 20.6 Å². The summed E-state index contributed by atoms with van der Waals surface area (Å²) in [5, 5.41) is 14.8. The average molecular weight is 477 g/mol. The Bertz CT molecular complexity index is 1180. The Morgan fingerprint density at radius 1 is 0.971 bits per heavy atom. The summed E-state index contributed by atoms with van der Waals surface area (Å²) in [6, 6.07) is 20.7. The molecule has 9 heteroatoms. The van der Waals surface area contributed by atoms with Gasteiger partial charge in [0, 0.05) is 54.2 Å². The van der Waals surface area contributed by atoms with Crippen LogP contribution in [0, 0.1) is 0 Å². The highest BCUT2D eigenvalue weighted by atomic mass is 19.2. The van der Waals surface area contributed by atoms with E-state index in [0.29, 0.717) is 11.3 Å². The van der Waals surface area contributed by atoms with Crippen LogP contribution in [0.3, 0.4) is 0 Å². The van der Waals surface area contributed by atoms with E-state index in [1.54, 1.807) is 12.1 Å². The number of carbonyl (C=O) groups is 3. The van der Waals surface area contributed by atoms with Gasteiger partial charge in [-0.25, -0.2) is 5.12 Å². The first-order chi connectivity index (χ1) is 16.9. The molecule has 3 aliphatic rings. The van der Waals surface area contributed by atoms with Crippen molar-refractivity contribution in [3.8, 4) is 0 Å². The summed E-state index contributed by atoms with van der Waals surface area (Å²) in [7, 11) is 0. The Kier molecular flexibility index (Phi) is 7.37. The van der Waals surface area contributed by atoms with E-state index in [1.807, 2.05) is 36.4 Å². The minimum absolute atomic E-state index is 0.107. The molecular formula is C26H25FN4O4. The number of fused-ring (bicyclic) bond motifs is 2. The predicted molar refractivity (Wildman–Crippen MR) is 132 cm³/mol. The van der Waals surface area contributed by atoms with Crippen LogP contribution < -0.4 is 20.7 Å². The molecule has 1 heterocycles. The van der Waals surface area contributed by atoms with E-state index in [9.17, 15) is 18.9 Å². The highest BCUT2D eigenvalue weighted by Crippen LogP contribution is 2.21. The summed E-state index contributed by atoms with van der Waals surface area (Å²) in [5.41, 5.74) is 3.91. The number of amides is 1. The van der Waals surface area contributed by atoms with Crippen LogP contribution in [0.15, 0.2) is 72.8 Å². The normalized spacial score (nSPS) is 13.7. The van der Waals surface area contributed by atoms with Gasteiger partial charge in [-0.2, -0.15) is 0 Å². The van der Waals surface area contributed by atoms with Crippen LogP contribution in [-0.2, 0) is 4.79 Å². The number of hydrogen-bond donors (Lipinski definition) is 3. The van der Waals surface area contributed by atoms with Crippen molar-refractivity contribution in [1.82, 2.24) is 5.32 Å². The highest BCUT2D eigenvalue weighted by molar-refractivity contribution is 6.16. The fraction of sp³-hybridized carbons (Fsp3) is 0.192. The Morgan fingerprint density at radius 3 is 2.11 bits per heavy atom. The summed E-state index contributed by atoms with van der Waals surface area (Å²) in [4.78, 5) is 35.8. The van der Waals surface area contributed by atoms with Crippen molar-refractivity contribution >= 4 is 34.7 Å². The molecule has 1 fully saturated rings. The lowest BCUT2D eigenvalue weighted by atomic mass is 9.92. The first-order valence-corrected chi connectivity index (χ1v) is 11.2. The van der Waals surface area contributed by atoms with E-state index in [0.717, 1.165) is 43.0 Å². The molecule has 3 N–H and O–H groups in total. The molecule has 8 nitrogen and oxygen atoms in total. The van der Waals surface area contributed by atoms with E-state index >= 15 is 0 Å². The number of carboxylic acid groups (broad SMARTS) is 1. The van der Waals surface area contributed by atoms with E-state index in [-0.39, 0.29) is 22.5 Å². The molecule has 180 valence electrons. The number of halogens is 1. The first-order valence-electron chi connectivity index (χ1n) is 11.2. The van der Waals surface area contributed by atoms with Crippen LogP contribution >= 0.6 is 0 Å². The minimum atomic E-state index is -1.26. The molecule has 1 aliphatic heterocycles. The second kappa shape index (κ2) is 10.8. The first kappa shape index (κ1) is 23.9. The summed E-state index contributed by atoms with van der Waals surface area (Å²) >= 11 is 0. The number of piperazine rings is 1. The molecule has 2 bridgehead atoms. The maximum Gasteiger partial charge on any atom is 0.326 e. The standard InChI is InChI=1S/C19H21FN4O3.C7H4O/c20-24(13-18(25)26)17-7-3-15(4-8-17)22-19(27)14-1-5-16(6-2-14)23-11-9-21-10-12-23;8-7-5-2-1-3-6(7)4-5/h1-8,21H,9-13H2,(H,22,27)(H,25,26);1-4H. The quantitative estimate of drug-likeness (QED) is 0.367. The van der Waals surface area contributed by atoms with Gasteiger partial charge in [0.1, 0.15) is 6.54 Å². The van der Waals surface area contributed by atoms with Crippen LogP contribution in [0.25, 0.3) is 0 Å². The van der Waals surface area contributed by atoms with Gasteiger partial charge in [0.05, 0.1) is 5.69 Å². The lowest BCUT2D eigenvalue weighted by Crippen LogP contribution is -2.43. The van der Waals surface area contributed by atoms with Crippen molar-refractivity contribution in [1.29, 1.82) is 0 Å². The number of carboxylic acids is 1. The zero-order valence-electron chi connectivity index (χ0n) is 18.9. The van der Waals surface area contributed by atoms with Gasteiger partial charge in [-0.1, -0.05) is 22.7 Å². The Balaban J connectivity index is 0.000000301. The number of aliphatic carboxylic acids is 1. The molecule has 0 atom stereocenters. The highest BCUT2D eigenvalue weighted by Gasteiger charge is 2.17. The van der Waals surface area contributed by atoms with Gasteiger partial charge in [-0.15, -0.1) is 0 Å². The van der Waals surface area contributed by atoms with Gasteiger partial charge >= 0.3 is 5.97 Å². The average Bonchev–Trinajstić information content (AvgIpc) is 2.89. The van der Waals surface area contributed by atoms with Crippen LogP contribution in [0.1, 0.15) is 26.3 Å². The maximum atomic E-state index is 13.6. The second-order valence-electron chi connectivity index (χ2n) is 8.11. The van der Waals surface area contributed by atoms with Gasteiger partial charge in [-0.05, 0) is 54.6 Å². The van der Waals surface area contributed by atoms with Gasteiger partial charge in [0.15, 0.2) is 5.78 Å². The zero-order chi connectivity index (χ0) is 24.8. The number of nitrogens with one attached hydrogen (secondary N) is 2. The number of hydrogen-bond acceptors (Lipinski definition) is 6. The van der Waals surface area contributed by atoms with Gasteiger partial charge in [0.25, 0.3) is 5.91 Å². The molecule has 0 radical (unpaired) electrons. The summed E-state index contributed by atoms with van der Waals surface area (Å²) in [6.45, 7) is 3.02. The molecule has 3 aromatic carbocycles. The lowest BCUT2D eigenvalue weighted by Gasteiger charge is -2.29. The second-order valence-corrected chi connectivity index (χ2v) is 8.11. The molecule has 3 aromatic rings. The molecule has 0 aromatic heterocycles. The maximum absolute atomic E-state index is 13.6. The molecule has 0 saturated carbocycles. The molecule has 35 heavy (non-hydrogen) atoms. The lowest BCUT2D eigenvalue weighted by molar-refractivity contribution is -0.135. The van der Waals surface area contributed by atoms with Crippen molar-refractivity contribution in [3.63, 3.8) is 0 Å². The van der Waals surface area contributed by atoms with Crippen molar-refractivity contribution in [3.05, 3.63) is 89.5 Å². The smallest absolute Gasteiger partial charge is 0.326 e. The monoisotopic (exact) mass is 476 g/mol.